The van der Waals surface area contributed by atoms with Gasteiger partial charge in [0.2, 0.25) is 0 Å². The maximum Gasteiger partial charge on any atom is 0.152 e. The minimum absolute atomic E-state index is 0.0654. The fourth-order valence-electron chi connectivity index (χ4n) is 0.233. The highest BCUT2D eigenvalue weighted by Gasteiger charge is 1.75. The van der Waals surface area contributed by atoms with Crippen LogP contribution in [0.1, 0.15) is 6.92 Å². The Kier molecular flexibility index (Phi) is 4.56. The molecule has 0 fully saturated rings. The number of ketones is 1. The van der Waals surface area contributed by atoms with Crippen molar-refractivity contribution in [2.24, 2.45) is 0 Å². The molecule has 0 saturated carbocycles. The second-order valence-electron chi connectivity index (χ2n) is 1.29. The van der Waals surface area contributed by atoms with Gasteiger partial charge in [-0.05, 0) is 18.0 Å². The standard InChI is InChI=1S/C6H7BrO/c1-6(8)4-2-3-5-7/h2-5H,1H3/b4-2+,5-3+. The summed E-state index contributed by atoms with van der Waals surface area (Å²) in [5.74, 6) is 0.0654. The third-order valence-electron chi connectivity index (χ3n) is 0.515. The molecule has 0 heterocycles. The molecule has 0 unspecified atom stereocenters. The van der Waals surface area contributed by atoms with Crippen LogP contribution >= 0.6 is 15.9 Å². The van der Waals surface area contributed by atoms with E-state index >= 15 is 0 Å². The monoisotopic (exact) mass is 174 g/mol. The van der Waals surface area contributed by atoms with E-state index < -0.39 is 0 Å². The fraction of sp³-hybridized carbons (Fsp3) is 0.167. The van der Waals surface area contributed by atoms with E-state index in [0.29, 0.717) is 0 Å². The number of allylic oxidation sites excluding steroid dienone is 3. The van der Waals surface area contributed by atoms with E-state index in [-0.39, 0.29) is 5.78 Å². The third kappa shape index (κ3) is 5.63. The summed E-state index contributed by atoms with van der Waals surface area (Å²) in [5, 5.41) is 0. The summed E-state index contributed by atoms with van der Waals surface area (Å²) >= 11 is 3.06. The van der Waals surface area contributed by atoms with Crippen molar-refractivity contribution in [2.75, 3.05) is 0 Å². The van der Waals surface area contributed by atoms with Gasteiger partial charge in [-0.15, -0.1) is 0 Å². The number of carbonyl (C=O) groups is 1. The Morgan fingerprint density at radius 1 is 1.50 bits per heavy atom. The van der Waals surface area contributed by atoms with E-state index in [4.69, 9.17) is 0 Å². The summed E-state index contributed by atoms with van der Waals surface area (Å²) in [6.45, 7) is 1.51. The van der Waals surface area contributed by atoms with Crippen molar-refractivity contribution in [1.29, 1.82) is 0 Å². The minimum Gasteiger partial charge on any atom is -0.295 e. The van der Waals surface area contributed by atoms with Crippen LogP contribution in [0.3, 0.4) is 0 Å². The summed E-state index contributed by atoms with van der Waals surface area (Å²) in [7, 11) is 0. The fourth-order valence-corrected chi connectivity index (χ4v) is 0.409. The summed E-state index contributed by atoms with van der Waals surface area (Å²) in [5.41, 5.74) is 0. The van der Waals surface area contributed by atoms with Crippen LogP contribution in [0, 0.1) is 0 Å². The average molecular weight is 175 g/mol. The lowest BCUT2D eigenvalue weighted by Crippen LogP contribution is -1.76. The number of hydrogen-bond acceptors (Lipinski definition) is 1. The minimum atomic E-state index is 0.0654. The molecule has 0 amide bonds. The number of hydrogen-bond donors (Lipinski definition) is 0. The van der Waals surface area contributed by atoms with Gasteiger partial charge in [-0.2, -0.15) is 0 Å². The molecule has 0 aliphatic rings. The van der Waals surface area contributed by atoms with Crippen molar-refractivity contribution in [3.63, 3.8) is 0 Å². The molecule has 0 rings (SSSR count). The van der Waals surface area contributed by atoms with Crippen LogP contribution in [-0.4, -0.2) is 5.78 Å². The Morgan fingerprint density at radius 3 is 2.50 bits per heavy atom. The first-order chi connectivity index (χ1) is 3.77. The van der Waals surface area contributed by atoms with Crippen molar-refractivity contribution in [3.05, 3.63) is 23.2 Å². The van der Waals surface area contributed by atoms with Crippen molar-refractivity contribution in [2.45, 2.75) is 6.92 Å². The maximum atomic E-state index is 10.2. The molecule has 0 radical (unpaired) electrons. The topological polar surface area (TPSA) is 17.1 Å². The Balaban J connectivity index is 3.50. The van der Waals surface area contributed by atoms with Crippen LogP contribution in [-0.2, 0) is 4.79 Å². The van der Waals surface area contributed by atoms with Gasteiger partial charge >= 0.3 is 0 Å². The molecule has 44 valence electrons. The zero-order chi connectivity index (χ0) is 6.41. The molecule has 0 spiro atoms. The average Bonchev–Trinajstić information content (AvgIpc) is 1.66. The molecule has 0 aromatic rings. The predicted molar refractivity (Wildman–Crippen MR) is 37.9 cm³/mol. The van der Waals surface area contributed by atoms with Gasteiger partial charge in [0, 0.05) is 0 Å². The Bertz CT molecular complexity index is 124. The van der Waals surface area contributed by atoms with Gasteiger partial charge in [0.15, 0.2) is 5.78 Å². The van der Waals surface area contributed by atoms with E-state index in [2.05, 4.69) is 15.9 Å². The van der Waals surface area contributed by atoms with Crippen molar-refractivity contribution < 1.29 is 4.79 Å². The smallest absolute Gasteiger partial charge is 0.152 e. The highest BCUT2D eigenvalue weighted by Crippen LogP contribution is 1.83. The second-order valence-corrected chi connectivity index (χ2v) is 1.82. The van der Waals surface area contributed by atoms with Gasteiger partial charge in [-0.3, -0.25) is 4.79 Å². The normalized spacial score (nSPS) is 11.2. The van der Waals surface area contributed by atoms with Crippen molar-refractivity contribution in [3.8, 4) is 0 Å². The maximum absolute atomic E-state index is 10.2. The van der Waals surface area contributed by atoms with Crippen LogP contribution in [0.5, 0.6) is 0 Å². The molecule has 0 aromatic carbocycles. The largest absolute Gasteiger partial charge is 0.295 e. The zero-order valence-corrected chi connectivity index (χ0v) is 6.18. The quantitative estimate of drug-likeness (QED) is 0.463. The molecule has 0 bridgehead atoms. The van der Waals surface area contributed by atoms with E-state index in [0.717, 1.165) is 0 Å². The van der Waals surface area contributed by atoms with E-state index in [1.807, 2.05) is 0 Å². The van der Waals surface area contributed by atoms with E-state index in [9.17, 15) is 4.79 Å². The summed E-state index contributed by atoms with van der Waals surface area (Å²) < 4.78 is 0. The van der Waals surface area contributed by atoms with Gasteiger partial charge in [-0.1, -0.05) is 28.1 Å². The lowest BCUT2D eigenvalue weighted by atomic mass is 10.4. The van der Waals surface area contributed by atoms with Gasteiger partial charge in [-0.25, -0.2) is 0 Å². The molecular formula is C6H7BrO. The third-order valence-corrected chi connectivity index (χ3v) is 0.820. The molecule has 0 aliphatic carbocycles. The van der Waals surface area contributed by atoms with Gasteiger partial charge < -0.3 is 0 Å². The summed E-state index contributed by atoms with van der Waals surface area (Å²) in [6.07, 6.45) is 4.91. The first-order valence-corrected chi connectivity index (χ1v) is 3.13. The SMILES string of the molecule is CC(=O)/C=C/C=C/Br. The zero-order valence-electron chi connectivity index (χ0n) is 4.60. The predicted octanol–water partition coefficient (Wildman–Crippen LogP) is 2.04. The van der Waals surface area contributed by atoms with Crippen LogP contribution in [0.15, 0.2) is 23.2 Å². The lowest BCUT2D eigenvalue weighted by molar-refractivity contribution is -0.112. The number of rotatable bonds is 2. The first-order valence-electron chi connectivity index (χ1n) is 2.21. The molecule has 0 aliphatic heterocycles. The van der Waals surface area contributed by atoms with Gasteiger partial charge in [0.05, 0.1) is 0 Å². The molecule has 0 aromatic heterocycles. The highest BCUT2D eigenvalue weighted by atomic mass is 79.9. The van der Waals surface area contributed by atoms with Crippen molar-refractivity contribution >= 4 is 21.7 Å². The van der Waals surface area contributed by atoms with Crippen LogP contribution in [0.2, 0.25) is 0 Å². The molecule has 1 nitrogen and oxygen atoms in total. The highest BCUT2D eigenvalue weighted by molar-refractivity contribution is 9.11. The van der Waals surface area contributed by atoms with E-state index in [1.54, 1.807) is 17.1 Å². The molecule has 2 heteroatoms. The van der Waals surface area contributed by atoms with Crippen LogP contribution in [0.4, 0.5) is 0 Å². The molecular weight excluding hydrogens is 168 g/mol. The second kappa shape index (κ2) is 4.78. The molecule has 0 atom stereocenters. The van der Waals surface area contributed by atoms with Gasteiger partial charge in [0.25, 0.3) is 0 Å². The Hall–Kier alpha value is -0.370. The van der Waals surface area contributed by atoms with Gasteiger partial charge in [0.1, 0.15) is 0 Å². The molecule has 0 N–H and O–H groups in total. The Labute approximate surface area is 57.2 Å². The van der Waals surface area contributed by atoms with Crippen LogP contribution < -0.4 is 0 Å². The Morgan fingerprint density at radius 2 is 2.12 bits per heavy atom. The number of halogens is 1. The number of carbonyl (C=O) groups excluding carboxylic acids is 1. The van der Waals surface area contributed by atoms with Crippen LogP contribution in [0.25, 0.3) is 0 Å². The van der Waals surface area contributed by atoms with E-state index in [1.165, 1.54) is 13.0 Å². The lowest BCUT2D eigenvalue weighted by Gasteiger charge is -1.71. The van der Waals surface area contributed by atoms with Crippen molar-refractivity contribution in [1.82, 2.24) is 0 Å². The summed E-state index contributed by atoms with van der Waals surface area (Å²) in [6, 6.07) is 0. The summed E-state index contributed by atoms with van der Waals surface area (Å²) in [4.78, 5) is 11.9. The molecule has 0 saturated heterocycles. The first kappa shape index (κ1) is 7.63. The molecule has 8 heavy (non-hydrogen) atoms.